The topological polar surface area (TPSA) is 49.4 Å². The van der Waals surface area contributed by atoms with E-state index in [-0.39, 0.29) is 11.7 Å². The Morgan fingerprint density at radius 1 is 1.37 bits per heavy atom. The van der Waals surface area contributed by atoms with Crippen LogP contribution >= 0.6 is 0 Å². The molecule has 4 nitrogen and oxygen atoms in total. The Morgan fingerprint density at radius 3 is 2.79 bits per heavy atom. The van der Waals surface area contributed by atoms with Crippen LogP contribution in [0.5, 0.6) is 0 Å². The molecule has 19 heavy (non-hydrogen) atoms. The third-order valence-corrected chi connectivity index (χ3v) is 3.26. The van der Waals surface area contributed by atoms with Crippen molar-refractivity contribution in [3.63, 3.8) is 0 Å². The molecule has 0 atom stereocenters. The molecule has 1 amide bonds. The summed E-state index contributed by atoms with van der Waals surface area (Å²) in [6.07, 6.45) is 1.40. The largest absolute Gasteiger partial charge is 0.379 e. The van der Waals surface area contributed by atoms with Gasteiger partial charge in [-0.3, -0.25) is 9.59 Å². The first-order chi connectivity index (χ1) is 8.99. The standard InChI is InChI=1S/C15H18N2O2/c1-10-4-5-12(11(2)8-10)14(18)9-13-15(19)17(3)7-6-16-13/h4-5,8-9,16H,6-7H2,1-3H3. The SMILES string of the molecule is Cc1ccc(C(=O)C=C2NCCN(C)C2=O)c(C)c1. The number of carbonyl (C=O) groups excluding carboxylic acids is 2. The summed E-state index contributed by atoms with van der Waals surface area (Å²) < 4.78 is 0. The number of hydrogen-bond donors (Lipinski definition) is 1. The van der Waals surface area contributed by atoms with E-state index in [4.69, 9.17) is 0 Å². The number of piperazine rings is 1. The van der Waals surface area contributed by atoms with Crippen LogP contribution in [0, 0.1) is 13.8 Å². The Kier molecular flexibility index (Phi) is 3.69. The monoisotopic (exact) mass is 258 g/mol. The molecule has 0 saturated carbocycles. The zero-order chi connectivity index (χ0) is 14.0. The highest BCUT2D eigenvalue weighted by atomic mass is 16.2. The van der Waals surface area contributed by atoms with Crippen molar-refractivity contribution >= 4 is 11.7 Å². The molecule has 0 aliphatic carbocycles. The summed E-state index contributed by atoms with van der Waals surface area (Å²) >= 11 is 0. The third kappa shape index (κ3) is 2.84. The van der Waals surface area contributed by atoms with E-state index in [1.54, 1.807) is 18.0 Å². The molecule has 1 aliphatic rings. The summed E-state index contributed by atoms with van der Waals surface area (Å²) in [7, 11) is 1.73. The van der Waals surface area contributed by atoms with Gasteiger partial charge in [-0.2, -0.15) is 0 Å². The summed E-state index contributed by atoms with van der Waals surface area (Å²) in [4.78, 5) is 25.7. The Morgan fingerprint density at radius 2 is 2.11 bits per heavy atom. The van der Waals surface area contributed by atoms with Gasteiger partial charge in [0.05, 0.1) is 0 Å². The number of rotatable bonds is 2. The fourth-order valence-corrected chi connectivity index (χ4v) is 2.15. The lowest BCUT2D eigenvalue weighted by Crippen LogP contribution is -2.44. The average molecular weight is 258 g/mol. The molecular weight excluding hydrogens is 240 g/mol. The Bertz CT molecular complexity index is 561. The summed E-state index contributed by atoms with van der Waals surface area (Å²) in [5, 5.41) is 2.98. The van der Waals surface area contributed by atoms with E-state index in [1.807, 2.05) is 26.0 Å². The van der Waals surface area contributed by atoms with Crippen LogP contribution in [0.4, 0.5) is 0 Å². The Hall–Kier alpha value is -2.10. The van der Waals surface area contributed by atoms with Crippen molar-refractivity contribution in [1.82, 2.24) is 10.2 Å². The van der Waals surface area contributed by atoms with Gasteiger partial charge in [-0.25, -0.2) is 0 Å². The molecule has 0 aromatic heterocycles. The maximum absolute atomic E-state index is 12.2. The molecule has 4 heteroatoms. The van der Waals surface area contributed by atoms with Gasteiger partial charge in [-0.1, -0.05) is 23.8 Å². The zero-order valence-corrected chi connectivity index (χ0v) is 11.5. The van der Waals surface area contributed by atoms with Crippen LogP contribution in [0.15, 0.2) is 30.0 Å². The molecular formula is C15H18N2O2. The molecule has 1 aromatic carbocycles. The van der Waals surface area contributed by atoms with E-state index in [9.17, 15) is 9.59 Å². The molecule has 2 rings (SSSR count). The number of carbonyl (C=O) groups is 2. The van der Waals surface area contributed by atoms with Gasteiger partial charge >= 0.3 is 0 Å². The van der Waals surface area contributed by atoms with Gasteiger partial charge in [0.2, 0.25) is 0 Å². The number of nitrogens with one attached hydrogen (secondary N) is 1. The molecule has 100 valence electrons. The van der Waals surface area contributed by atoms with Gasteiger partial charge in [0.15, 0.2) is 5.78 Å². The van der Waals surface area contributed by atoms with Crippen LogP contribution in [0.25, 0.3) is 0 Å². The minimum Gasteiger partial charge on any atom is -0.379 e. The fourth-order valence-electron chi connectivity index (χ4n) is 2.15. The maximum Gasteiger partial charge on any atom is 0.269 e. The summed E-state index contributed by atoms with van der Waals surface area (Å²) in [6, 6.07) is 5.68. The van der Waals surface area contributed by atoms with Crippen LogP contribution in [0.1, 0.15) is 21.5 Å². The smallest absolute Gasteiger partial charge is 0.269 e. The lowest BCUT2D eigenvalue weighted by molar-refractivity contribution is -0.127. The number of amides is 1. The zero-order valence-electron chi connectivity index (χ0n) is 11.5. The van der Waals surface area contributed by atoms with Gasteiger partial charge in [0.25, 0.3) is 5.91 Å². The highest BCUT2D eigenvalue weighted by Gasteiger charge is 2.20. The van der Waals surface area contributed by atoms with Gasteiger partial charge in [0.1, 0.15) is 5.70 Å². The molecule has 1 heterocycles. The number of hydrogen-bond acceptors (Lipinski definition) is 3. The predicted octanol–water partition coefficient (Wildman–Crippen LogP) is 1.43. The highest BCUT2D eigenvalue weighted by molar-refractivity contribution is 6.10. The number of nitrogens with zero attached hydrogens (tertiary/aromatic N) is 1. The number of aryl methyl sites for hydroxylation is 2. The van der Waals surface area contributed by atoms with Crippen molar-refractivity contribution in [3.8, 4) is 0 Å². The van der Waals surface area contributed by atoms with E-state index in [0.29, 0.717) is 24.4 Å². The average Bonchev–Trinajstić information content (AvgIpc) is 2.34. The normalized spacial score (nSPS) is 17.5. The lowest BCUT2D eigenvalue weighted by Gasteiger charge is -2.25. The van der Waals surface area contributed by atoms with Crippen LogP contribution in [0.2, 0.25) is 0 Å². The van der Waals surface area contributed by atoms with Gasteiger partial charge in [-0.15, -0.1) is 0 Å². The molecule has 1 N–H and O–H groups in total. The van der Waals surface area contributed by atoms with Gasteiger partial charge < -0.3 is 10.2 Å². The van der Waals surface area contributed by atoms with Crippen molar-refractivity contribution in [2.75, 3.05) is 20.1 Å². The molecule has 0 spiro atoms. The van der Waals surface area contributed by atoms with Crippen molar-refractivity contribution < 1.29 is 9.59 Å². The first-order valence-corrected chi connectivity index (χ1v) is 6.31. The number of ketones is 1. The van der Waals surface area contributed by atoms with Crippen molar-refractivity contribution in [1.29, 1.82) is 0 Å². The Balaban J connectivity index is 2.27. The second-order valence-electron chi connectivity index (χ2n) is 4.89. The molecule has 0 bridgehead atoms. The molecule has 1 aromatic rings. The summed E-state index contributed by atoms with van der Waals surface area (Å²) in [6.45, 7) is 5.23. The molecule has 0 radical (unpaired) electrons. The molecule has 0 unspecified atom stereocenters. The highest BCUT2D eigenvalue weighted by Crippen LogP contribution is 2.13. The van der Waals surface area contributed by atoms with Gasteiger partial charge in [-0.05, 0) is 19.4 Å². The third-order valence-electron chi connectivity index (χ3n) is 3.26. The van der Waals surface area contributed by atoms with Crippen molar-refractivity contribution in [2.24, 2.45) is 0 Å². The van der Waals surface area contributed by atoms with Crippen molar-refractivity contribution in [3.05, 3.63) is 46.7 Å². The minimum atomic E-state index is -0.136. The quantitative estimate of drug-likeness (QED) is 0.645. The van der Waals surface area contributed by atoms with E-state index in [1.165, 1.54) is 6.08 Å². The lowest BCUT2D eigenvalue weighted by atomic mass is 10.0. The molecule has 1 aliphatic heterocycles. The van der Waals surface area contributed by atoms with Gasteiger partial charge in [0, 0.05) is 31.8 Å². The molecule has 1 fully saturated rings. The number of allylic oxidation sites excluding steroid dienone is 1. The van der Waals surface area contributed by atoms with Crippen LogP contribution in [-0.4, -0.2) is 36.7 Å². The van der Waals surface area contributed by atoms with E-state index < -0.39 is 0 Å². The Labute approximate surface area is 113 Å². The van der Waals surface area contributed by atoms with Crippen LogP contribution < -0.4 is 5.32 Å². The first kappa shape index (κ1) is 13.3. The molecule has 1 saturated heterocycles. The number of benzene rings is 1. The number of likely N-dealkylation sites (N-methyl/N-ethyl adjacent to an activating group) is 1. The fraction of sp³-hybridized carbons (Fsp3) is 0.333. The summed E-state index contributed by atoms with van der Waals surface area (Å²) in [5.41, 5.74) is 3.06. The van der Waals surface area contributed by atoms with Crippen LogP contribution in [-0.2, 0) is 4.79 Å². The minimum absolute atomic E-state index is 0.135. The van der Waals surface area contributed by atoms with E-state index >= 15 is 0 Å². The predicted molar refractivity (Wildman–Crippen MR) is 74.0 cm³/mol. The van der Waals surface area contributed by atoms with Crippen molar-refractivity contribution in [2.45, 2.75) is 13.8 Å². The maximum atomic E-state index is 12.2. The van der Waals surface area contributed by atoms with E-state index in [2.05, 4.69) is 5.32 Å². The second kappa shape index (κ2) is 5.26. The second-order valence-corrected chi connectivity index (χ2v) is 4.89. The summed E-state index contributed by atoms with van der Waals surface area (Å²) in [5.74, 6) is -0.270. The van der Waals surface area contributed by atoms with E-state index in [0.717, 1.165) is 11.1 Å². The first-order valence-electron chi connectivity index (χ1n) is 6.31. The van der Waals surface area contributed by atoms with Crippen LogP contribution in [0.3, 0.4) is 0 Å².